The number of fused-ring (bicyclic) bond motifs is 1. The number of esters is 1. The Labute approximate surface area is 162 Å². The molecule has 3 rings (SSSR count). The number of aromatic amines is 1. The van der Waals surface area contributed by atoms with Crippen LogP contribution in [0.2, 0.25) is 0 Å². The number of nitrogens with one attached hydrogen (secondary N) is 2. The third kappa shape index (κ3) is 3.85. The van der Waals surface area contributed by atoms with Crippen LogP contribution in [0.25, 0.3) is 0 Å². The van der Waals surface area contributed by atoms with Crippen LogP contribution in [-0.4, -0.2) is 41.9 Å². The van der Waals surface area contributed by atoms with Crippen molar-refractivity contribution in [1.82, 2.24) is 10.4 Å². The Balaban J connectivity index is 1.70. The summed E-state index contributed by atoms with van der Waals surface area (Å²) in [5.41, 5.74) is 5.58. The zero-order valence-corrected chi connectivity index (χ0v) is 16.3. The lowest BCUT2D eigenvalue weighted by atomic mass is 10.1. The highest BCUT2D eigenvalue weighted by molar-refractivity contribution is 6.03. The SMILES string of the molecule is CCOC(=O)c1c(C)[nH]c(/C(C)=N/NC(=O)[C@H]2COc3ccccc3O2)c1C. The van der Waals surface area contributed by atoms with Crippen molar-refractivity contribution in [2.45, 2.75) is 33.8 Å². The number of para-hydroxylation sites is 2. The highest BCUT2D eigenvalue weighted by Gasteiger charge is 2.27. The molecular weight excluding hydrogens is 362 g/mol. The number of hydrazone groups is 1. The van der Waals surface area contributed by atoms with E-state index in [1.54, 1.807) is 39.8 Å². The smallest absolute Gasteiger partial charge is 0.340 e. The van der Waals surface area contributed by atoms with Gasteiger partial charge < -0.3 is 19.2 Å². The van der Waals surface area contributed by atoms with Gasteiger partial charge in [0.15, 0.2) is 11.5 Å². The van der Waals surface area contributed by atoms with Gasteiger partial charge in [-0.3, -0.25) is 4.79 Å². The first-order chi connectivity index (χ1) is 13.4. The lowest BCUT2D eigenvalue weighted by Gasteiger charge is -2.24. The lowest BCUT2D eigenvalue weighted by Crippen LogP contribution is -2.42. The molecule has 0 saturated carbocycles. The third-order valence-electron chi connectivity index (χ3n) is 4.41. The van der Waals surface area contributed by atoms with E-state index in [4.69, 9.17) is 14.2 Å². The molecule has 0 spiro atoms. The summed E-state index contributed by atoms with van der Waals surface area (Å²) in [6.07, 6.45) is -0.798. The maximum atomic E-state index is 12.4. The second-order valence-electron chi connectivity index (χ2n) is 6.38. The normalized spacial score (nSPS) is 15.9. The Morgan fingerprint density at radius 1 is 1.29 bits per heavy atom. The van der Waals surface area contributed by atoms with E-state index in [1.807, 2.05) is 12.1 Å². The van der Waals surface area contributed by atoms with Gasteiger partial charge in [0.2, 0.25) is 6.10 Å². The van der Waals surface area contributed by atoms with Crippen LogP contribution in [0.1, 0.15) is 41.2 Å². The fourth-order valence-corrected chi connectivity index (χ4v) is 3.04. The van der Waals surface area contributed by atoms with Crippen LogP contribution in [0, 0.1) is 13.8 Å². The minimum atomic E-state index is -0.798. The van der Waals surface area contributed by atoms with E-state index in [0.717, 1.165) is 5.56 Å². The highest BCUT2D eigenvalue weighted by Crippen LogP contribution is 2.30. The molecule has 0 radical (unpaired) electrons. The highest BCUT2D eigenvalue weighted by atomic mass is 16.6. The monoisotopic (exact) mass is 385 g/mol. The first kappa shape index (κ1) is 19.5. The first-order valence-corrected chi connectivity index (χ1v) is 9.01. The van der Waals surface area contributed by atoms with E-state index in [1.165, 1.54) is 0 Å². The van der Waals surface area contributed by atoms with Crippen molar-refractivity contribution in [3.05, 3.63) is 46.8 Å². The van der Waals surface area contributed by atoms with E-state index in [9.17, 15) is 9.59 Å². The molecule has 1 atom stereocenters. The van der Waals surface area contributed by atoms with Gasteiger partial charge in [-0.15, -0.1) is 0 Å². The zero-order chi connectivity index (χ0) is 20.3. The summed E-state index contributed by atoms with van der Waals surface area (Å²) in [5, 5.41) is 4.14. The van der Waals surface area contributed by atoms with Crippen LogP contribution in [0.5, 0.6) is 11.5 Å². The number of ether oxygens (including phenoxy) is 3. The van der Waals surface area contributed by atoms with Crippen molar-refractivity contribution in [3.63, 3.8) is 0 Å². The standard InChI is InChI=1S/C20H23N3O5/c1-5-26-20(25)17-11(2)18(21-12(17)3)13(4)22-23-19(24)16-10-27-14-8-6-7-9-15(14)28-16/h6-9,16,21H,5,10H2,1-4H3,(H,23,24)/b22-13+/t16-/m1/s1. The number of carbonyl (C=O) groups is 2. The summed E-state index contributed by atoms with van der Waals surface area (Å²) in [6.45, 7) is 7.49. The van der Waals surface area contributed by atoms with Crippen LogP contribution in [0.4, 0.5) is 0 Å². The average molecular weight is 385 g/mol. The summed E-state index contributed by atoms with van der Waals surface area (Å²) in [4.78, 5) is 27.6. The van der Waals surface area contributed by atoms with Crippen molar-refractivity contribution in [2.24, 2.45) is 5.10 Å². The Hall–Kier alpha value is -3.29. The average Bonchev–Trinajstić information content (AvgIpc) is 2.99. The molecule has 28 heavy (non-hydrogen) atoms. The fourth-order valence-electron chi connectivity index (χ4n) is 3.04. The Morgan fingerprint density at radius 2 is 2.00 bits per heavy atom. The van der Waals surface area contributed by atoms with E-state index >= 15 is 0 Å². The van der Waals surface area contributed by atoms with Crippen LogP contribution >= 0.6 is 0 Å². The number of carbonyl (C=O) groups excluding carboxylic acids is 2. The molecule has 1 aromatic heterocycles. The number of amides is 1. The topological polar surface area (TPSA) is 102 Å². The predicted octanol–water partition coefficient (Wildman–Crippen LogP) is 2.49. The third-order valence-corrected chi connectivity index (χ3v) is 4.41. The number of rotatable bonds is 5. The van der Waals surface area contributed by atoms with Gasteiger partial charge in [0.25, 0.3) is 5.91 Å². The van der Waals surface area contributed by atoms with Crippen molar-refractivity contribution in [2.75, 3.05) is 13.2 Å². The minimum absolute atomic E-state index is 0.102. The second kappa shape index (κ2) is 8.16. The maximum Gasteiger partial charge on any atom is 0.340 e. The summed E-state index contributed by atoms with van der Waals surface area (Å²) >= 11 is 0. The van der Waals surface area contributed by atoms with Crippen LogP contribution in [0.15, 0.2) is 29.4 Å². The molecule has 148 valence electrons. The summed E-state index contributed by atoms with van der Waals surface area (Å²) < 4.78 is 16.3. The number of hydrogen-bond donors (Lipinski definition) is 2. The quantitative estimate of drug-likeness (QED) is 0.468. The molecule has 2 heterocycles. The zero-order valence-electron chi connectivity index (χ0n) is 16.3. The van der Waals surface area contributed by atoms with Crippen molar-refractivity contribution >= 4 is 17.6 Å². The number of hydrogen-bond acceptors (Lipinski definition) is 6. The largest absolute Gasteiger partial charge is 0.485 e. The molecular formula is C20H23N3O5. The molecule has 8 heteroatoms. The predicted molar refractivity (Wildman–Crippen MR) is 103 cm³/mol. The Kier molecular flexibility index (Phi) is 5.67. The molecule has 1 aromatic carbocycles. The van der Waals surface area contributed by atoms with E-state index < -0.39 is 12.0 Å². The van der Waals surface area contributed by atoms with Gasteiger partial charge in [0, 0.05) is 5.69 Å². The van der Waals surface area contributed by atoms with E-state index in [-0.39, 0.29) is 12.6 Å². The van der Waals surface area contributed by atoms with Crippen LogP contribution < -0.4 is 14.9 Å². The first-order valence-electron chi connectivity index (χ1n) is 9.01. The van der Waals surface area contributed by atoms with Gasteiger partial charge in [0.1, 0.15) is 6.61 Å². The number of aromatic nitrogens is 1. The van der Waals surface area contributed by atoms with Gasteiger partial charge in [-0.25, -0.2) is 10.2 Å². The molecule has 0 aliphatic carbocycles. The summed E-state index contributed by atoms with van der Waals surface area (Å²) in [5.74, 6) is 0.323. The molecule has 0 bridgehead atoms. The van der Waals surface area contributed by atoms with Gasteiger partial charge in [-0.05, 0) is 45.4 Å². The molecule has 0 saturated heterocycles. The Bertz CT molecular complexity index is 932. The molecule has 2 N–H and O–H groups in total. The lowest BCUT2D eigenvalue weighted by molar-refractivity contribution is -0.130. The molecule has 1 aliphatic rings. The molecule has 0 unspecified atom stereocenters. The number of H-pyrrole nitrogens is 1. The molecule has 1 aliphatic heterocycles. The van der Waals surface area contributed by atoms with Crippen molar-refractivity contribution < 1.29 is 23.8 Å². The van der Waals surface area contributed by atoms with Crippen molar-refractivity contribution in [1.29, 1.82) is 0 Å². The van der Waals surface area contributed by atoms with E-state index in [0.29, 0.717) is 40.8 Å². The van der Waals surface area contributed by atoms with Crippen molar-refractivity contribution in [3.8, 4) is 11.5 Å². The molecule has 2 aromatic rings. The number of aryl methyl sites for hydroxylation is 1. The second-order valence-corrected chi connectivity index (χ2v) is 6.38. The Morgan fingerprint density at radius 3 is 2.71 bits per heavy atom. The van der Waals surface area contributed by atoms with Gasteiger partial charge in [0.05, 0.1) is 23.6 Å². The number of nitrogens with zero attached hydrogens (tertiary/aromatic N) is 1. The molecule has 0 fully saturated rings. The fraction of sp³-hybridized carbons (Fsp3) is 0.350. The van der Waals surface area contributed by atoms with Gasteiger partial charge in [-0.1, -0.05) is 12.1 Å². The minimum Gasteiger partial charge on any atom is -0.485 e. The number of benzene rings is 1. The summed E-state index contributed by atoms with van der Waals surface area (Å²) in [6, 6.07) is 7.16. The van der Waals surface area contributed by atoms with Gasteiger partial charge >= 0.3 is 5.97 Å². The van der Waals surface area contributed by atoms with Crippen LogP contribution in [0.3, 0.4) is 0 Å². The molecule has 8 nitrogen and oxygen atoms in total. The van der Waals surface area contributed by atoms with E-state index in [2.05, 4.69) is 15.5 Å². The maximum absolute atomic E-state index is 12.4. The van der Waals surface area contributed by atoms with Gasteiger partial charge in [-0.2, -0.15) is 5.10 Å². The van der Waals surface area contributed by atoms with Crippen LogP contribution in [-0.2, 0) is 9.53 Å². The molecule has 1 amide bonds. The summed E-state index contributed by atoms with van der Waals surface area (Å²) in [7, 11) is 0.